The molecule has 2 heterocycles. The van der Waals surface area contributed by atoms with Crippen molar-refractivity contribution in [2.75, 3.05) is 0 Å². The van der Waals surface area contributed by atoms with Crippen LogP contribution in [-0.4, -0.2) is 19.1 Å². The number of fused-ring (bicyclic) bond motifs is 1. The summed E-state index contributed by atoms with van der Waals surface area (Å²) < 4.78 is 2.70. The third-order valence-electron chi connectivity index (χ3n) is 3.10. The molecule has 0 aliphatic carbocycles. The van der Waals surface area contributed by atoms with Crippen LogP contribution in [0.3, 0.4) is 0 Å². The minimum atomic E-state index is -0.826. The molecule has 6 nitrogen and oxygen atoms in total. The number of nitrogens with zero attached hydrogens (tertiary/aromatic N) is 3. The van der Waals surface area contributed by atoms with E-state index in [1.165, 1.54) is 15.3 Å². The molecule has 0 saturated heterocycles. The Morgan fingerprint density at radius 1 is 1.23 bits per heavy atom. The van der Waals surface area contributed by atoms with Crippen LogP contribution in [-0.2, 0) is 6.54 Å². The Labute approximate surface area is 135 Å². The van der Waals surface area contributed by atoms with Crippen LogP contribution in [0.1, 0.15) is 5.56 Å². The molecule has 0 fully saturated rings. The van der Waals surface area contributed by atoms with Crippen molar-refractivity contribution in [2.24, 2.45) is 0 Å². The lowest BCUT2D eigenvalue weighted by atomic mass is 10.2. The number of hydrogen-bond acceptors (Lipinski definition) is 4. The van der Waals surface area contributed by atoms with E-state index in [-0.39, 0.29) is 24.5 Å². The highest BCUT2D eigenvalue weighted by Gasteiger charge is 2.11. The van der Waals surface area contributed by atoms with Gasteiger partial charge in [0.15, 0.2) is 5.52 Å². The topological polar surface area (TPSA) is 76.6 Å². The van der Waals surface area contributed by atoms with E-state index in [0.29, 0.717) is 5.02 Å². The molecule has 114 valence electrons. The molecular formula is C14H11Cl2N3O3. The number of aromatic hydroxyl groups is 1. The summed E-state index contributed by atoms with van der Waals surface area (Å²) in [6.07, 6.45) is 4.30. The molecule has 1 N–H and O–H groups in total. The van der Waals surface area contributed by atoms with Crippen molar-refractivity contribution in [2.45, 2.75) is 6.54 Å². The number of benzene rings is 1. The molecule has 0 unspecified atom stereocenters. The van der Waals surface area contributed by atoms with E-state index in [9.17, 15) is 14.7 Å². The van der Waals surface area contributed by atoms with Gasteiger partial charge in [-0.15, -0.1) is 12.4 Å². The number of rotatable bonds is 2. The van der Waals surface area contributed by atoms with E-state index in [2.05, 4.69) is 4.98 Å². The molecule has 2 aromatic heterocycles. The molecule has 0 amide bonds. The average molecular weight is 340 g/mol. The van der Waals surface area contributed by atoms with E-state index in [1.807, 2.05) is 6.07 Å². The van der Waals surface area contributed by atoms with Gasteiger partial charge in [-0.05, 0) is 17.7 Å². The first-order valence-corrected chi connectivity index (χ1v) is 6.48. The first-order valence-electron chi connectivity index (χ1n) is 6.10. The zero-order chi connectivity index (χ0) is 15.0. The Morgan fingerprint density at radius 3 is 2.73 bits per heavy atom. The standard InChI is InChI=1S/C14H10ClN3O3.ClH/c15-10-3-1-2-9(6-10)7-17-4-5-18-8-16-13(20)12(19)11(18)14(17)21;/h1-6,8,19H,7H2;1H. The molecule has 1 aromatic carbocycles. The molecule has 0 bridgehead atoms. The van der Waals surface area contributed by atoms with E-state index < -0.39 is 16.9 Å². The monoisotopic (exact) mass is 339 g/mol. The molecule has 22 heavy (non-hydrogen) atoms. The number of hydrogen-bond donors (Lipinski definition) is 1. The lowest BCUT2D eigenvalue weighted by molar-refractivity contribution is 0.468. The highest BCUT2D eigenvalue weighted by Crippen LogP contribution is 2.12. The van der Waals surface area contributed by atoms with Crippen molar-refractivity contribution in [3.8, 4) is 5.75 Å². The summed E-state index contributed by atoms with van der Waals surface area (Å²) in [7, 11) is 0. The van der Waals surface area contributed by atoms with Gasteiger partial charge in [-0.25, -0.2) is 0 Å². The van der Waals surface area contributed by atoms with Gasteiger partial charge in [0.05, 0.1) is 6.54 Å². The fourth-order valence-electron chi connectivity index (χ4n) is 2.09. The van der Waals surface area contributed by atoms with Crippen LogP contribution in [0.25, 0.3) is 5.52 Å². The van der Waals surface area contributed by atoms with Crippen LogP contribution < -0.4 is 11.1 Å². The molecule has 0 radical (unpaired) electrons. The molecule has 0 atom stereocenters. The number of aromatic nitrogens is 3. The van der Waals surface area contributed by atoms with Crippen molar-refractivity contribution < 1.29 is 5.11 Å². The summed E-state index contributed by atoms with van der Waals surface area (Å²) in [4.78, 5) is 27.2. The van der Waals surface area contributed by atoms with E-state index in [1.54, 1.807) is 30.6 Å². The lowest BCUT2D eigenvalue weighted by Gasteiger charge is -2.09. The van der Waals surface area contributed by atoms with Crippen LogP contribution in [0.5, 0.6) is 5.75 Å². The predicted octanol–water partition coefficient (Wildman–Crippen LogP) is 1.69. The van der Waals surface area contributed by atoms with Crippen LogP contribution in [0, 0.1) is 0 Å². The van der Waals surface area contributed by atoms with Gasteiger partial charge in [0.2, 0.25) is 5.75 Å². The maximum Gasteiger partial charge on any atom is 0.315 e. The third kappa shape index (κ3) is 2.84. The predicted molar refractivity (Wildman–Crippen MR) is 85.2 cm³/mol. The second-order valence-electron chi connectivity index (χ2n) is 4.52. The van der Waals surface area contributed by atoms with Gasteiger partial charge >= 0.3 is 5.56 Å². The SMILES string of the molecule is Cl.O=c1ncn2ccn(Cc3cccc(Cl)c3)c(=O)c2c1O. The minimum Gasteiger partial charge on any atom is -0.501 e. The smallest absolute Gasteiger partial charge is 0.315 e. The molecule has 3 rings (SSSR count). The van der Waals surface area contributed by atoms with Gasteiger partial charge in [0, 0.05) is 17.4 Å². The maximum absolute atomic E-state index is 12.4. The largest absolute Gasteiger partial charge is 0.501 e. The van der Waals surface area contributed by atoms with Crippen LogP contribution >= 0.6 is 24.0 Å². The van der Waals surface area contributed by atoms with E-state index in [0.717, 1.165) is 5.56 Å². The van der Waals surface area contributed by atoms with Gasteiger partial charge in [0.25, 0.3) is 5.56 Å². The third-order valence-corrected chi connectivity index (χ3v) is 3.33. The molecular weight excluding hydrogens is 329 g/mol. The highest BCUT2D eigenvalue weighted by molar-refractivity contribution is 6.30. The van der Waals surface area contributed by atoms with Crippen LogP contribution in [0.15, 0.2) is 52.6 Å². The van der Waals surface area contributed by atoms with Gasteiger partial charge < -0.3 is 9.67 Å². The fraction of sp³-hybridized carbons (Fsp3) is 0.0714. The van der Waals surface area contributed by atoms with Gasteiger partial charge in [-0.1, -0.05) is 23.7 Å². The maximum atomic E-state index is 12.4. The molecule has 0 aliphatic rings. The molecule has 0 aliphatic heterocycles. The summed E-state index contributed by atoms with van der Waals surface area (Å²) in [5.41, 5.74) is -0.563. The van der Waals surface area contributed by atoms with E-state index >= 15 is 0 Å². The van der Waals surface area contributed by atoms with Crippen molar-refractivity contribution in [1.82, 2.24) is 14.0 Å². The first kappa shape index (κ1) is 16.1. The van der Waals surface area contributed by atoms with Crippen molar-refractivity contribution in [3.05, 3.63) is 74.3 Å². The summed E-state index contributed by atoms with van der Waals surface area (Å²) in [6.45, 7) is 0.284. The molecule has 8 heteroatoms. The van der Waals surface area contributed by atoms with Gasteiger partial charge in [0.1, 0.15) is 6.33 Å². The Morgan fingerprint density at radius 2 is 2.00 bits per heavy atom. The van der Waals surface area contributed by atoms with Gasteiger partial charge in [-0.3, -0.25) is 14.0 Å². The normalized spacial score (nSPS) is 10.4. The zero-order valence-electron chi connectivity index (χ0n) is 11.1. The summed E-state index contributed by atoms with van der Waals surface area (Å²) in [5.74, 6) is -0.650. The second-order valence-corrected chi connectivity index (χ2v) is 4.95. The zero-order valence-corrected chi connectivity index (χ0v) is 12.7. The number of halogens is 2. The van der Waals surface area contributed by atoms with E-state index in [4.69, 9.17) is 11.6 Å². The molecule has 3 aromatic rings. The first-order chi connectivity index (χ1) is 10.1. The second kappa shape index (κ2) is 6.21. The highest BCUT2D eigenvalue weighted by atomic mass is 35.5. The minimum absolute atomic E-state index is 0. The van der Waals surface area contributed by atoms with Crippen molar-refractivity contribution in [1.29, 1.82) is 0 Å². The Balaban J connectivity index is 0.00000176. The Kier molecular flexibility index (Phi) is 4.54. The van der Waals surface area contributed by atoms with Gasteiger partial charge in [-0.2, -0.15) is 4.98 Å². The summed E-state index contributed by atoms with van der Waals surface area (Å²) in [6, 6.07) is 7.11. The Bertz CT molecular complexity index is 950. The molecule has 0 saturated carbocycles. The van der Waals surface area contributed by atoms with Crippen LogP contribution in [0.4, 0.5) is 0 Å². The van der Waals surface area contributed by atoms with Crippen LogP contribution in [0.2, 0.25) is 5.02 Å². The fourth-order valence-corrected chi connectivity index (χ4v) is 2.31. The molecule has 0 spiro atoms. The van der Waals surface area contributed by atoms with Crippen molar-refractivity contribution in [3.63, 3.8) is 0 Å². The summed E-state index contributed by atoms with van der Waals surface area (Å²) in [5, 5.41) is 10.3. The lowest BCUT2D eigenvalue weighted by Crippen LogP contribution is -2.24. The quantitative estimate of drug-likeness (QED) is 0.770. The average Bonchev–Trinajstić information content (AvgIpc) is 2.46. The summed E-state index contributed by atoms with van der Waals surface area (Å²) >= 11 is 5.91. The van der Waals surface area contributed by atoms with Crippen molar-refractivity contribution >= 4 is 29.5 Å². The Hall–Kier alpha value is -2.31.